The molecule has 2 aromatic rings. The number of benzene rings is 2. The molecule has 168 valence electrons. The zero-order valence-corrected chi connectivity index (χ0v) is 20.6. The van der Waals surface area contributed by atoms with E-state index < -0.39 is 25.7 Å². The number of hydrogen-bond acceptors (Lipinski definition) is 2. The van der Waals surface area contributed by atoms with Crippen molar-refractivity contribution in [2.24, 2.45) is 0 Å². The summed E-state index contributed by atoms with van der Waals surface area (Å²) in [6.45, 7) is 14.7. The first-order chi connectivity index (χ1) is 14.0. The van der Waals surface area contributed by atoms with Gasteiger partial charge in [0.2, 0.25) is 8.32 Å². The fourth-order valence-electron chi connectivity index (χ4n) is 3.19. The van der Waals surface area contributed by atoms with Crippen LogP contribution >= 0.6 is 11.6 Å². The lowest BCUT2D eigenvalue weighted by Gasteiger charge is -2.37. The summed E-state index contributed by atoms with van der Waals surface area (Å²) in [6.07, 6.45) is -2.56. The largest absolute Gasteiger partial charge is 0.543 e. The Morgan fingerprint density at radius 2 is 1.58 bits per heavy atom. The zero-order valence-electron chi connectivity index (χ0n) is 18.9. The van der Waals surface area contributed by atoms with Gasteiger partial charge in [-0.1, -0.05) is 38.4 Å². The molecule has 0 radical (unpaired) electrons. The van der Waals surface area contributed by atoms with Gasteiger partial charge in [-0.05, 0) is 67.9 Å². The van der Waals surface area contributed by atoms with Gasteiger partial charge in [0.1, 0.15) is 17.1 Å². The van der Waals surface area contributed by atoms with E-state index in [1.165, 1.54) is 6.07 Å². The SMILES string of the molecule is CC1(C)C=C(c2ccc(C(F)(F)F)cc2Cl)c2ccc(O[Si](C)(C)C(C)(C)C)cc2O1. The lowest BCUT2D eigenvalue weighted by Crippen LogP contribution is -2.43. The van der Waals surface area contributed by atoms with Crippen LogP contribution in [0.5, 0.6) is 11.5 Å². The van der Waals surface area contributed by atoms with Crippen molar-refractivity contribution in [2.45, 2.75) is 64.5 Å². The molecule has 0 spiro atoms. The molecule has 0 bridgehead atoms. The van der Waals surface area contributed by atoms with Crippen LogP contribution in [0.4, 0.5) is 13.2 Å². The normalized spacial score (nSPS) is 16.3. The first-order valence-electron chi connectivity index (χ1n) is 10.1. The maximum absolute atomic E-state index is 13.1. The lowest BCUT2D eigenvalue weighted by molar-refractivity contribution is -0.137. The van der Waals surface area contributed by atoms with Crippen molar-refractivity contribution in [3.8, 4) is 11.5 Å². The van der Waals surface area contributed by atoms with Crippen LogP contribution in [-0.4, -0.2) is 13.9 Å². The minimum atomic E-state index is -4.45. The van der Waals surface area contributed by atoms with Crippen LogP contribution in [-0.2, 0) is 6.18 Å². The molecule has 0 atom stereocenters. The highest BCUT2D eigenvalue weighted by atomic mass is 35.5. The van der Waals surface area contributed by atoms with Gasteiger partial charge in [0.05, 0.1) is 5.56 Å². The molecule has 3 rings (SSSR count). The van der Waals surface area contributed by atoms with Crippen LogP contribution in [0.2, 0.25) is 23.2 Å². The van der Waals surface area contributed by atoms with E-state index in [0.717, 1.165) is 29.0 Å². The summed E-state index contributed by atoms with van der Waals surface area (Å²) in [5.41, 5.74) is 0.605. The topological polar surface area (TPSA) is 18.5 Å². The number of fused-ring (bicyclic) bond motifs is 1. The van der Waals surface area contributed by atoms with E-state index in [-0.39, 0.29) is 10.1 Å². The van der Waals surface area contributed by atoms with Gasteiger partial charge in [-0.2, -0.15) is 13.2 Å². The summed E-state index contributed by atoms with van der Waals surface area (Å²) < 4.78 is 51.8. The summed E-state index contributed by atoms with van der Waals surface area (Å²) in [4.78, 5) is 0. The van der Waals surface area contributed by atoms with Gasteiger partial charge in [-0.25, -0.2) is 0 Å². The van der Waals surface area contributed by atoms with Gasteiger partial charge >= 0.3 is 6.18 Å². The van der Waals surface area contributed by atoms with Crippen LogP contribution in [0.15, 0.2) is 42.5 Å². The number of ether oxygens (including phenoxy) is 1. The van der Waals surface area contributed by atoms with E-state index in [1.54, 1.807) is 0 Å². The molecule has 7 heteroatoms. The van der Waals surface area contributed by atoms with E-state index >= 15 is 0 Å². The van der Waals surface area contributed by atoms with Crippen molar-refractivity contribution in [1.29, 1.82) is 0 Å². The summed E-state index contributed by atoms with van der Waals surface area (Å²) in [5.74, 6) is 1.34. The highest BCUT2D eigenvalue weighted by Gasteiger charge is 2.39. The zero-order chi connectivity index (χ0) is 23.4. The first kappa shape index (κ1) is 23.7. The Morgan fingerprint density at radius 1 is 0.968 bits per heavy atom. The molecule has 0 unspecified atom stereocenters. The summed E-state index contributed by atoms with van der Waals surface area (Å²) >= 11 is 6.30. The summed E-state index contributed by atoms with van der Waals surface area (Å²) in [5, 5.41) is 0.0910. The quantitative estimate of drug-likeness (QED) is 0.421. The smallest absolute Gasteiger partial charge is 0.416 e. The van der Waals surface area contributed by atoms with E-state index in [2.05, 4.69) is 33.9 Å². The van der Waals surface area contributed by atoms with Gasteiger partial charge in [-0.3, -0.25) is 0 Å². The standard InChI is InChI=1S/C24H28ClF3O2Si/c1-22(2,3)31(6,7)30-16-9-11-18-19(14-23(4,5)29-21(18)13-16)17-10-8-15(12-20(17)25)24(26,27)28/h8-14H,1-7H3. The fraction of sp³-hybridized carbons (Fsp3) is 0.417. The van der Waals surface area contributed by atoms with Crippen LogP contribution in [0.3, 0.4) is 0 Å². The Morgan fingerprint density at radius 3 is 2.13 bits per heavy atom. The molecule has 1 aliphatic rings. The predicted octanol–water partition coefficient (Wildman–Crippen LogP) is 8.35. The first-order valence-corrected chi connectivity index (χ1v) is 13.4. The van der Waals surface area contributed by atoms with Gasteiger partial charge in [0.15, 0.2) is 0 Å². The molecule has 0 fully saturated rings. The van der Waals surface area contributed by atoms with Crippen molar-refractivity contribution in [3.63, 3.8) is 0 Å². The van der Waals surface area contributed by atoms with Crippen LogP contribution in [0.1, 0.15) is 51.3 Å². The third-order valence-corrected chi connectivity index (χ3v) is 10.5. The number of alkyl halides is 3. The summed E-state index contributed by atoms with van der Waals surface area (Å²) in [7, 11) is -2.04. The molecule has 0 aliphatic carbocycles. The molecule has 2 aromatic carbocycles. The minimum absolute atomic E-state index is 0.0435. The maximum atomic E-state index is 13.1. The summed E-state index contributed by atoms with van der Waals surface area (Å²) in [6, 6.07) is 9.07. The number of rotatable bonds is 3. The van der Waals surface area contributed by atoms with E-state index in [9.17, 15) is 13.2 Å². The Kier molecular flexibility index (Phi) is 5.81. The minimum Gasteiger partial charge on any atom is -0.543 e. The van der Waals surface area contributed by atoms with Crippen molar-refractivity contribution in [1.82, 2.24) is 0 Å². The molecule has 0 saturated heterocycles. The number of halogens is 4. The lowest BCUT2D eigenvalue weighted by atomic mass is 9.89. The Balaban J connectivity index is 2.05. The van der Waals surface area contributed by atoms with E-state index in [0.29, 0.717) is 11.3 Å². The molecular weight excluding hydrogens is 441 g/mol. The number of hydrogen-bond donors (Lipinski definition) is 0. The van der Waals surface area contributed by atoms with E-state index in [1.807, 2.05) is 38.1 Å². The molecule has 0 amide bonds. The second-order valence-electron chi connectivity index (χ2n) is 9.98. The second kappa shape index (κ2) is 7.59. The Labute approximate surface area is 188 Å². The van der Waals surface area contributed by atoms with Gasteiger partial charge < -0.3 is 9.16 Å². The average Bonchev–Trinajstić information content (AvgIpc) is 2.57. The molecule has 31 heavy (non-hydrogen) atoms. The van der Waals surface area contributed by atoms with Crippen molar-refractivity contribution < 1.29 is 22.3 Å². The molecule has 0 aromatic heterocycles. The average molecular weight is 469 g/mol. The van der Waals surface area contributed by atoms with Crippen LogP contribution in [0.25, 0.3) is 5.57 Å². The van der Waals surface area contributed by atoms with Gasteiger partial charge in [0, 0.05) is 22.2 Å². The van der Waals surface area contributed by atoms with Crippen molar-refractivity contribution >= 4 is 25.5 Å². The molecule has 0 N–H and O–H groups in total. The van der Waals surface area contributed by atoms with Crippen molar-refractivity contribution in [2.75, 3.05) is 0 Å². The molecule has 1 aliphatic heterocycles. The Hall–Kier alpha value is -1.92. The Bertz CT molecular complexity index is 1030. The van der Waals surface area contributed by atoms with Crippen LogP contribution in [0, 0.1) is 0 Å². The van der Waals surface area contributed by atoms with Crippen LogP contribution < -0.4 is 9.16 Å². The highest BCUT2D eigenvalue weighted by Crippen LogP contribution is 2.45. The maximum Gasteiger partial charge on any atom is 0.416 e. The third-order valence-electron chi connectivity index (χ3n) is 5.87. The molecule has 2 nitrogen and oxygen atoms in total. The van der Waals surface area contributed by atoms with Gasteiger partial charge in [-0.15, -0.1) is 0 Å². The molecule has 0 saturated carbocycles. The second-order valence-corrected chi connectivity index (χ2v) is 15.1. The molecular formula is C24H28ClF3O2Si. The monoisotopic (exact) mass is 468 g/mol. The van der Waals surface area contributed by atoms with E-state index in [4.69, 9.17) is 20.8 Å². The fourth-order valence-corrected chi connectivity index (χ4v) is 4.50. The highest BCUT2D eigenvalue weighted by molar-refractivity contribution is 6.74. The predicted molar refractivity (Wildman–Crippen MR) is 123 cm³/mol. The third kappa shape index (κ3) is 4.95. The van der Waals surface area contributed by atoms with Gasteiger partial charge in [0.25, 0.3) is 0 Å². The van der Waals surface area contributed by atoms with Crippen molar-refractivity contribution in [3.05, 3.63) is 64.2 Å². The molecule has 1 heterocycles.